The fourth-order valence-corrected chi connectivity index (χ4v) is 2.79. The Morgan fingerprint density at radius 1 is 1.20 bits per heavy atom. The van der Waals surface area contributed by atoms with E-state index in [2.05, 4.69) is 0 Å². The number of hydrogen-bond donors (Lipinski definition) is 2. The summed E-state index contributed by atoms with van der Waals surface area (Å²) in [6, 6.07) is 5.89. The lowest BCUT2D eigenvalue weighted by Gasteiger charge is -2.28. The van der Waals surface area contributed by atoms with Gasteiger partial charge in [0.2, 0.25) is 5.88 Å². The molecule has 1 unspecified atom stereocenters. The Labute approximate surface area is 144 Å². The summed E-state index contributed by atoms with van der Waals surface area (Å²) < 4.78 is 10.4. The number of aromatic carboxylic acids is 1. The Morgan fingerprint density at radius 2 is 1.80 bits per heavy atom. The minimum Gasteiger partial charge on any atom is -0.478 e. The average molecular weight is 345 g/mol. The summed E-state index contributed by atoms with van der Waals surface area (Å²) in [6.45, 7) is 4.75. The van der Waals surface area contributed by atoms with Gasteiger partial charge in [-0.05, 0) is 38.5 Å². The number of hydrogen-bond acceptors (Lipinski definition) is 6. The van der Waals surface area contributed by atoms with Crippen LogP contribution in [0, 0.1) is 0 Å². The molecular formula is C18H19NO6. The van der Waals surface area contributed by atoms with Crippen molar-refractivity contribution in [2.24, 2.45) is 5.73 Å². The standard InChI is InChI=1S/C18H19NO6/c1-4-24-18(23)15-14(11-5-7-12(8-6-11)17(21)22)13(9(2)20)10(3)25-16(15)19/h5-8,14H,4,19H2,1-3H3,(H,21,22). The van der Waals surface area contributed by atoms with Gasteiger partial charge in [0.15, 0.2) is 5.78 Å². The monoisotopic (exact) mass is 345 g/mol. The van der Waals surface area contributed by atoms with Gasteiger partial charge in [-0.25, -0.2) is 9.59 Å². The van der Waals surface area contributed by atoms with Crippen molar-refractivity contribution >= 4 is 17.7 Å². The third-order valence-corrected chi connectivity index (χ3v) is 3.85. The van der Waals surface area contributed by atoms with Crippen LogP contribution < -0.4 is 5.73 Å². The Balaban J connectivity index is 2.62. The van der Waals surface area contributed by atoms with Crippen LogP contribution in [0.3, 0.4) is 0 Å². The number of carboxylic acid groups (broad SMARTS) is 1. The first-order valence-electron chi connectivity index (χ1n) is 7.67. The summed E-state index contributed by atoms with van der Waals surface area (Å²) in [6.07, 6.45) is 0. The number of Topliss-reactive ketones (excluding diaryl/α,β-unsaturated/α-hetero) is 1. The van der Waals surface area contributed by atoms with Crippen LogP contribution in [0.4, 0.5) is 0 Å². The number of rotatable bonds is 5. The molecule has 7 heteroatoms. The average Bonchev–Trinajstić information content (AvgIpc) is 2.53. The number of benzene rings is 1. The molecule has 0 aliphatic carbocycles. The van der Waals surface area contributed by atoms with Crippen LogP contribution in [0.2, 0.25) is 0 Å². The van der Waals surface area contributed by atoms with Crippen LogP contribution in [0.15, 0.2) is 47.1 Å². The molecule has 0 amide bonds. The van der Waals surface area contributed by atoms with Gasteiger partial charge in [0.05, 0.1) is 18.1 Å². The predicted octanol–water partition coefficient (Wildman–Crippen LogP) is 2.10. The molecule has 7 nitrogen and oxygen atoms in total. The Bertz CT molecular complexity index is 788. The quantitative estimate of drug-likeness (QED) is 0.785. The lowest BCUT2D eigenvalue weighted by Crippen LogP contribution is -2.28. The first-order valence-corrected chi connectivity index (χ1v) is 7.67. The van der Waals surface area contributed by atoms with Gasteiger partial charge < -0.3 is 20.3 Å². The molecule has 1 aliphatic rings. The van der Waals surface area contributed by atoms with Crippen molar-refractivity contribution < 1.29 is 29.0 Å². The van der Waals surface area contributed by atoms with Crippen molar-refractivity contribution in [3.05, 3.63) is 58.2 Å². The van der Waals surface area contributed by atoms with Crippen molar-refractivity contribution in [3.63, 3.8) is 0 Å². The van der Waals surface area contributed by atoms with E-state index in [4.69, 9.17) is 20.3 Å². The molecule has 0 bridgehead atoms. The summed E-state index contributed by atoms with van der Waals surface area (Å²) in [4.78, 5) is 35.6. The molecule has 2 rings (SSSR count). The topological polar surface area (TPSA) is 116 Å². The molecule has 0 saturated heterocycles. The van der Waals surface area contributed by atoms with Gasteiger partial charge in [-0.2, -0.15) is 0 Å². The molecular weight excluding hydrogens is 326 g/mol. The van der Waals surface area contributed by atoms with Crippen molar-refractivity contribution in [2.75, 3.05) is 6.61 Å². The van der Waals surface area contributed by atoms with Crippen LogP contribution in [0.1, 0.15) is 42.6 Å². The van der Waals surface area contributed by atoms with Crippen LogP contribution in [-0.4, -0.2) is 29.4 Å². The largest absolute Gasteiger partial charge is 0.478 e. The minimum atomic E-state index is -1.07. The minimum absolute atomic E-state index is 0.0284. The third kappa shape index (κ3) is 3.55. The summed E-state index contributed by atoms with van der Waals surface area (Å²) in [5.41, 5.74) is 6.83. The number of esters is 1. The number of nitrogens with two attached hydrogens (primary N) is 1. The van der Waals surface area contributed by atoms with Gasteiger partial charge in [-0.1, -0.05) is 12.1 Å². The molecule has 0 saturated carbocycles. The SMILES string of the molecule is CCOC(=O)C1=C(N)OC(C)=C(C(C)=O)C1c1ccc(C(=O)O)cc1. The van der Waals surface area contributed by atoms with Crippen LogP contribution >= 0.6 is 0 Å². The molecule has 0 fully saturated rings. The number of allylic oxidation sites excluding steroid dienone is 2. The van der Waals surface area contributed by atoms with Crippen molar-refractivity contribution in [1.82, 2.24) is 0 Å². The second-order valence-electron chi connectivity index (χ2n) is 5.49. The van der Waals surface area contributed by atoms with Crippen molar-refractivity contribution in [2.45, 2.75) is 26.7 Å². The van der Waals surface area contributed by atoms with E-state index < -0.39 is 17.9 Å². The van der Waals surface area contributed by atoms with Crippen molar-refractivity contribution in [1.29, 1.82) is 0 Å². The van der Waals surface area contributed by atoms with Gasteiger partial charge in [0.1, 0.15) is 11.3 Å². The van der Waals surface area contributed by atoms with Gasteiger partial charge in [-0.15, -0.1) is 0 Å². The highest BCUT2D eigenvalue weighted by Gasteiger charge is 2.37. The third-order valence-electron chi connectivity index (χ3n) is 3.85. The van der Waals surface area contributed by atoms with E-state index in [-0.39, 0.29) is 35.0 Å². The first-order chi connectivity index (χ1) is 11.8. The summed E-state index contributed by atoms with van der Waals surface area (Å²) in [5, 5.41) is 9.03. The number of ketones is 1. The molecule has 1 heterocycles. The fourth-order valence-electron chi connectivity index (χ4n) is 2.79. The predicted molar refractivity (Wildman–Crippen MR) is 88.5 cm³/mol. The maximum Gasteiger partial charge on any atom is 0.340 e. The smallest absolute Gasteiger partial charge is 0.340 e. The highest BCUT2D eigenvalue weighted by Crippen LogP contribution is 2.40. The van der Waals surface area contributed by atoms with Gasteiger partial charge >= 0.3 is 11.9 Å². The van der Waals surface area contributed by atoms with Crippen LogP contribution in [0.5, 0.6) is 0 Å². The van der Waals surface area contributed by atoms with E-state index in [0.717, 1.165) is 0 Å². The molecule has 1 aromatic carbocycles. The number of ether oxygens (including phenoxy) is 2. The first kappa shape index (κ1) is 18.3. The lowest BCUT2D eigenvalue weighted by molar-refractivity contribution is -0.139. The summed E-state index contributed by atoms with van der Waals surface area (Å²) >= 11 is 0. The van der Waals surface area contributed by atoms with E-state index >= 15 is 0 Å². The second-order valence-corrected chi connectivity index (χ2v) is 5.49. The van der Waals surface area contributed by atoms with Gasteiger partial charge in [0, 0.05) is 5.57 Å². The normalized spacial score (nSPS) is 17.2. The second kappa shape index (κ2) is 7.21. The summed E-state index contributed by atoms with van der Waals surface area (Å²) in [5.74, 6) is -2.65. The zero-order valence-electron chi connectivity index (χ0n) is 14.2. The molecule has 0 aromatic heterocycles. The number of carbonyl (C=O) groups is 3. The van der Waals surface area contributed by atoms with Gasteiger partial charge in [0.25, 0.3) is 0 Å². The Kier molecular flexibility index (Phi) is 5.26. The fraction of sp³-hybridized carbons (Fsp3) is 0.278. The van der Waals surface area contributed by atoms with Gasteiger partial charge in [-0.3, -0.25) is 4.79 Å². The number of carbonyl (C=O) groups excluding carboxylic acids is 2. The maximum absolute atomic E-state index is 12.4. The summed E-state index contributed by atoms with van der Waals surface area (Å²) in [7, 11) is 0. The molecule has 1 atom stereocenters. The van der Waals surface area contributed by atoms with E-state index in [1.807, 2.05) is 0 Å². The maximum atomic E-state index is 12.4. The van der Waals surface area contributed by atoms with Crippen molar-refractivity contribution in [3.8, 4) is 0 Å². The molecule has 0 radical (unpaired) electrons. The van der Waals surface area contributed by atoms with E-state index in [1.54, 1.807) is 26.0 Å². The molecule has 132 valence electrons. The molecule has 25 heavy (non-hydrogen) atoms. The highest BCUT2D eigenvalue weighted by molar-refractivity contribution is 6.01. The Hall–Kier alpha value is -3.09. The Morgan fingerprint density at radius 3 is 2.28 bits per heavy atom. The van der Waals surface area contributed by atoms with E-state index in [0.29, 0.717) is 11.3 Å². The highest BCUT2D eigenvalue weighted by atomic mass is 16.5. The van der Waals surface area contributed by atoms with E-state index in [1.165, 1.54) is 19.1 Å². The molecule has 1 aliphatic heterocycles. The molecule has 3 N–H and O–H groups in total. The van der Waals surface area contributed by atoms with Crippen LogP contribution in [0.25, 0.3) is 0 Å². The van der Waals surface area contributed by atoms with Crippen LogP contribution in [-0.2, 0) is 19.1 Å². The zero-order chi connectivity index (χ0) is 18.7. The lowest BCUT2D eigenvalue weighted by atomic mass is 9.81. The van der Waals surface area contributed by atoms with E-state index in [9.17, 15) is 14.4 Å². The molecule has 1 aromatic rings. The number of carboxylic acids is 1. The molecule has 0 spiro atoms. The zero-order valence-corrected chi connectivity index (χ0v) is 14.2.